The summed E-state index contributed by atoms with van der Waals surface area (Å²) < 4.78 is 6.73. The van der Waals surface area contributed by atoms with Crippen LogP contribution in [0.1, 0.15) is 36.4 Å². The van der Waals surface area contributed by atoms with Crippen LogP contribution in [-0.4, -0.2) is 17.6 Å². The fourth-order valence-corrected chi connectivity index (χ4v) is 5.64. The number of benzene rings is 2. The van der Waals surface area contributed by atoms with Crippen molar-refractivity contribution in [1.82, 2.24) is 4.57 Å². The van der Waals surface area contributed by atoms with Gasteiger partial charge in [-0.1, -0.05) is 58.8 Å². The monoisotopic (exact) mass is 510 g/mol. The molecule has 0 saturated carbocycles. The summed E-state index contributed by atoms with van der Waals surface area (Å²) in [5.41, 5.74) is 4.85. The molecule has 5 rings (SSSR count). The van der Waals surface area contributed by atoms with E-state index in [0.29, 0.717) is 19.4 Å². The van der Waals surface area contributed by atoms with Crippen molar-refractivity contribution in [3.63, 3.8) is 0 Å². The quantitative estimate of drug-likeness (QED) is 0.470. The first-order valence-electron chi connectivity index (χ1n) is 10.8. The van der Waals surface area contributed by atoms with E-state index >= 15 is 0 Å². The van der Waals surface area contributed by atoms with Gasteiger partial charge in [-0.15, -0.1) is 0 Å². The van der Waals surface area contributed by atoms with E-state index in [4.69, 9.17) is 32.9 Å². The molecule has 5 nitrogen and oxygen atoms in total. The van der Waals surface area contributed by atoms with Crippen LogP contribution < -0.4 is 14.9 Å². The summed E-state index contributed by atoms with van der Waals surface area (Å²) in [5.74, 6) is -0.569. The highest BCUT2D eigenvalue weighted by Gasteiger charge is 2.32. The summed E-state index contributed by atoms with van der Waals surface area (Å²) in [7, 11) is 1.29. The highest BCUT2D eigenvalue weighted by molar-refractivity contribution is 7.07. The lowest BCUT2D eigenvalue weighted by atomic mass is 9.84. The van der Waals surface area contributed by atoms with E-state index in [1.807, 2.05) is 48.5 Å². The Morgan fingerprint density at radius 2 is 1.76 bits per heavy atom. The van der Waals surface area contributed by atoms with Gasteiger partial charge < -0.3 is 4.74 Å². The van der Waals surface area contributed by atoms with Gasteiger partial charge in [0.25, 0.3) is 5.56 Å². The van der Waals surface area contributed by atoms with Crippen molar-refractivity contribution in [1.29, 1.82) is 0 Å². The molecule has 0 radical (unpaired) electrons. The van der Waals surface area contributed by atoms with Crippen molar-refractivity contribution >= 4 is 52.7 Å². The zero-order chi connectivity index (χ0) is 23.8. The van der Waals surface area contributed by atoms with Crippen LogP contribution in [0.4, 0.5) is 0 Å². The molecule has 0 spiro atoms. The summed E-state index contributed by atoms with van der Waals surface area (Å²) in [6, 6.07) is 14.9. The van der Waals surface area contributed by atoms with E-state index < -0.39 is 5.97 Å². The lowest BCUT2D eigenvalue weighted by Gasteiger charge is -2.31. The molecule has 1 aromatic heterocycles. The number of aromatic nitrogens is 1. The first-order valence-corrected chi connectivity index (χ1v) is 12.4. The number of carbonyl (C=O) groups excluding carboxylic acids is 1. The summed E-state index contributed by atoms with van der Waals surface area (Å²) in [6.45, 7) is 0. The molecule has 0 amide bonds. The lowest BCUT2D eigenvalue weighted by Crippen LogP contribution is -2.39. The predicted octanol–water partition coefficient (Wildman–Crippen LogP) is 4.91. The van der Waals surface area contributed by atoms with Crippen molar-refractivity contribution in [3.05, 3.63) is 106 Å². The van der Waals surface area contributed by atoms with Crippen LogP contribution in [0.15, 0.2) is 75.2 Å². The maximum absolute atomic E-state index is 13.4. The number of hydrogen-bond acceptors (Lipinski definition) is 5. The minimum absolute atomic E-state index is 0.255. The van der Waals surface area contributed by atoms with Crippen molar-refractivity contribution in [2.75, 3.05) is 7.11 Å². The van der Waals surface area contributed by atoms with Crippen LogP contribution in [0.5, 0.6) is 0 Å². The Balaban J connectivity index is 1.75. The van der Waals surface area contributed by atoms with E-state index in [1.54, 1.807) is 4.57 Å². The molecule has 0 N–H and O–H groups in total. The number of ether oxygens (including phenoxy) is 1. The van der Waals surface area contributed by atoms with Crippen molar-refractivity contribution < 1.29 is 9.53 Å². The molecule has 34 heavy (non-hydrogen) atoms. The molecule has 0 fully saturated rings. The van der Waals surface area contributed by atoms with Gasteiger partial charge in [-0.2, -0.15) is 0 Å². The van der Waals surface area contributed by atoms with Crippen LogP contribution in [0.3, 0.4) is 0 Å². The van der Waals surface area contributed by atoms with Crippen LogP contribution >= 0.6 is 34.5 Å². The molecule has 0 saturated heterocycles. The van der Waals surface area contributed by atoms with Crippen LogP contribution in [0.2, 0.25) is 10.0 Å². The Hall–Kier alpha value is -2.93. The van der Waals surface area contributed by atoms with Crippen molar-refractivity contribution in [3.8, 4) is 0 Å². The summed E-state index contributed by atoms with van der Waals surface area (Å²) in [6.07, 6.45) is 6.02. The maximum Gasteiger partial charge on any atom is 0.332 e. The highest BCUT2D eigenvalue weighted by Crippen LogP contribution is 2.41. The van der Waals surface area contributed by atoms with Gasteiger partial charge >= 0.3 is 5.97 Å². The third-order valence-electron chi connectivity index (χ3n) is 5.98. The van der Waals surface area contributed by atoms with Gasteiger partial charge in [0.2, 0.25) is 0 Å². The van der Waals surface area contributed by atoms with Gasteiger partial charge in [-0.25, -0.2) is 9.79 Å². The number of rotatable bonds is 3. The normalized spacial score (nSPS) is 19.0. The molecule has 2 aromatic carbocycles. The number of fused-ring (bicyclic) bond motifs is 1. The maximum atomic E-state index is 13.4. The molecule has 2 aliphatic rings. The number of halogens is 2. The average Bonchev–Trinajstić information content (AvgIpc) is 3.14. The molecule has 8 heteroatoms. The zero-order valence-corrected chi connectivity index (χ0v) is 20.6. The fourth-order valence-electron chi connectivity index (χ4n) is 4.43. The van der Waals surface area contributed by atoms with Crippen molar-refractivity contribution in [2.45, 2.75) is 25.3 Å². The Labute approximate surface area is 209 Å². The molecule has 1 atom stereocenters. The molecule has 1 unspecified atom stereocenters. The average molecular weight is 511 g/mol. The number of hydrogen-bond donors (Lipinski definition) is 0. The molecule has 3 aromatic rings. The van der Waals surface area contributed by atoms with E-state index in [-0.39, 0.29) is 11.6 Å². The SMILES string of the molecule is COC(=O)C=c1sc2n(c1=O)C(c1ccc(Cl)cc1)C1=C(N=2)C(=Cc2ccc(Cl)cc2)CCC1. The van der Waals surface area contributed by atoms with E-state index in [2.05, 4.69) is 6.08 Å². The Bertz CT molecular complexity index is 1510. The Kier molecular flexibility index (Phi) is 6.30. The first kappa shape index (κ1) is 22.8. The third-order valence-corrected chi connectivity index (χ3v) is 7.47. The first-order chi connectivity index (χ1) is 16.4. The van der Waals surface area contributed by atoms with E-state index in [0.717, 1.165) is 47.2 Å². The van der Waals surface area contributed by atoms with Crippen LogP contribution in [0.25, 0.3) is 12.2 Å². The summed E-state index contributed by atoms with van der Waals surface area (Å²) >= 11 is 13.4. The largest absolute Gasteiger partial charge is 0.466 e. The minimum Gasteiger partial charge on any atom is -0.466 e. The third kappa shape index (κ3) is 4.29. The summed E-state index contributed by atoms with van der Waals surface area (Å²) in [5, 5.41) is 1.32. The minimum atomic E-state index is -0.569. The standard InChI is InChI=1S/C26H20Cl2N2O3S/c1-33-22(31)14-21-25(32)30-24(16-7-11-19(28)12-8-16)20-4-2-3-17(23(20)29-26(30)34-21)13-15-5-9-18(27)10-6-15/h5-14,24H,2-4H2,1H3. The molecule has 0 bridgehead atoms. The van der Waals surface area contributed by atoms with Gasteiger partial charge in [0, 0.05) is 16.1 Å². The smallest absolute Gasteiger partial charge is 0.332 e. The highest BCUT2D eigenvalue weighted by atomic mass is 35.5. The van der Waals surface area contributed by atoms with E-state index in [1.165, 1.54) is 24.5 Å². The van der Waals surface area contributed by atoms with Crippen LogP contribution in [0, 0.1) is 0 Å². The molecular formula is C26H20Cl2N2O3S. The number of methoxy groups -OCH3 is 1. The van der Waals surface area contributed by atoms with Crippen LogP contribution in [-0.2, 0) is 9.53 Å². The van der Waals surface area contributed by atoms with Gasteiger partial charge in [0.15, 0.2) is 4.80 Å². The molecule has 1 aliphatic heterocycles. The number of esters is 1. The van der Waals surface area contributed by atoms with Gasteiger partial charge in [-0.05, 0) is 71.9 Å². The second-order valence-electron chi connectivity index (χ2n) is 8.11. The Morgan fingerprint density at radius 1 is 1.09 bits per heavy atom. The fraction of sp³-hybridized carbons (Fsp3) is 0.192. The summed E-state index contributed by atoms with van der Waals surface area (Å²) in [4.78, 5) is 30.8. The van der Waals surface area contributed by atoms with Gasteiger partial charge in [-0.3, -0.25) is 9.36 Å². The second-order valence-corrected chi connectivity index (χ2v) is 9.99. The number of nitrogens with zero attached hydrogens (tertiary/aromatic N) is 2. The number of allylic oxidation sites excluding steroid dienone is 2. The molecular weight excluding hydrogens is 491 g/mol. The van der Waals surface area contributed by atoms with Crippen molar-refractivity contribution in [2.24, 2.45) is 4.99 Å². The van der Waals surface area contributed by atoms with Gasteiger partial charge in [0.05, 0.1) is 18.8 Å². The molecule has 2 heterocycles. The number of carbonyl (C=O) groups is 1. The second kappa shape index (κ2) is 9.37. The zero-order valence-electron chi connectivity index (χ0n) is 18.3. The topological polar surface area (TPSA) is 60.7 Å². The number of thiazole rings is 1. The molecule has 1 aliphatic carbocycles. The predicted molar refractivity (Wildman–Crippen MR) is 136 cm³/mol. The van der Waals surface area contributed by atoms with E-state index in [9.17, 15) is 9.59 Å². The Morgan fingerprint density at radius 3 is 2.44 bits per heavy atom. The molecule has 172 valence electrons. The lowest BCUT2D eigenvalue weighted by molar-refractivity contribution is -0.133. The van der Waals surface area contributed by atoms with Gasteiger partial charge in [0.1, 0.15) is 4.53 Å².